The first kappa shape index (κ1) is 62.0. The number of benzene rings is 1. The van der Waals surface area contributed by atoms with Gasteiger partial charge in [0.05, 0.1) is 43.4 Å². The first-order chi connectivity index (χ1) is 33.8. The molecule has 0 saturated carbocycles. The van der Waals surface area contributed by atoms with Crippen LogP contribution in [0.5, 0.6) is 5.75 Å². The predicted octanol–water partition coefficient (Wildman–Crippen LogP) is 6.97. The van der Waals surface area contributed by atoms with Crippen LogP contribution in [-0.2, 0) is 54.1 Å². The minimum absolute atomic E-state index is 0.0179. The Morgan fingerprint density at radius 3 is 2.37 bits per heavy atom. The van der Waals surface area contributed by atoms with Crippen molar-refractivity contribution >= 4 is 58.5 Å². The number of ketones is 1. The van der Waals surface area contributed by atoms with Crippen molar-refractivity contribution in [1.29, 1.82) is 0 Å². The minimum Gasteiger partial charge on any atom is -0.495 e. The van der Waals surface area contributed by atoms with Crippen molar-refractivity contribution in [2.45, 2.75) is 179 Å². The zero-order chi connectivity index (χ0) is 55.1. The number of aliphatic hydroxyl groups is 1. The normalized spacial score (nSPS) is 26.6. The number of esters is 1. The number of hydrogen-bond acceptors (Lipinski definition) is 15. The Bertz CT molecular complexity index is 2210. The average Bonchev–Trinajstić information content (AvgIpc) is 3.90. The number of anilines is 1. The number of allylic oxidation sites excluding steroid dienone is 3. The third-order valence-corrected chi connectivity index (χ3v) is 17.1. The number of nitrogens with zero attached hydrogens (tertiary/aromatic N) is 3. The molecule has 3 heterocycles. The van der Waals surface area contributed by atoms with Gasteiger partial charge in [-0.15, -0.1) is 11.8 Å². The van der Waals surface area contributed by atoms with Crippen molar-refractivity contribution in [1.82, 2.24) is 15.1 Å². The first-order valence-corrected chi connectivity index (χ1v) is 26.7. The quantitative estimate of drug-likeness (QED) is 0.0889. The summed E-state index contributed by atoms with van der Waals surface area (Å²) in [7, 11) is 7.88. The second-order valence-electron chi connectivity index (χ2n) is 22.2. The number of epoxide rings is 1. The third-order valence-electron chi connectivity index (χ3n) is 15.4. The fraction of sp³-hybridized carbons (Fsp3) is 0.722. The van der Waals surface area contributed by atoms with Gasteiger partial charge in [0.25, 0.3) is 0 Å². The molecule has 8 atom stereocenters. The van der Waals surface area contributed by atoms with Crippen molar-refractivity contribution < 1.29 is 57.5 Å². The molecule has 0 spiro atoms. The lowest BCUT2D eigenvalue weighted by Crippen LogP contribution is -2.63. The van der Waals surface area contributed by atoms with Crippen LogP contribution in [0.25, 0.3) is 0 Å². The highest BCUT2D eigenvalue weighted by Crippen LogP contribution is 2.56. The van der Waals surface area contributed by atoms with Crippen molar-refractivity contribution in [2.75, 3.05) is 65.9 Å². The van der Waals surface area contributed by atoms with E-state index in [1.54, 1.807) is 58.0 Å². The van der Waals surface area contributed by atoms with Crippen LogP contribution in [0.15, 0.2) is 35.9 Å². The summed E-state index contributed by atoms with van der Waals surface area (Å²) < 4.78 is 36.1. The largest absolute Gasteiger partial charge is 0.495 e. The molecule has 4 rings (SSSR count). The summed E-state index contributed by atoms with van der Waals surface area (Å²) >= 11 is 8.32. The number of nitrogens with two attached hydrogens (primary N) is 1. The molecule has 2 saturated heterocycles. The lowest BCUT2D eigenvalue weighted by atomic mass is 9.78. The lowest BCUT2D eigenvalue weighted by molar-refractivity contribution is -0.189. The van der Waals surface area contributed by atoms with Gasteiger partial charge in [0, 0.05) is 70.3 Å². The smallest absolute Gasteiger partial charge is 0.328 e. The molecule has 4 bridgehead atoms. The van der Waals surface area contributed by atoms with E-state index in [1.807, 2.05) is 67.5 Å². The molecule has 8 unspecified atom stereocenters. The Morgan fingerprint density at radius 1 is 1.08 bits per heavy atom. The maximum absolute atomic E-state index is 14.5. The maximum atomic E-state index is 14.5. The zero-order valence-corrected chi connectivity index (χ0v) is 48.0. The highest BCUT2D eigenvalue weighted by molar-refractivity contribution is 8.01. The van der Waals surface area contributed by atoms with E-state index in [0.29, 0.717) is 56.7 Å². The molecule has 1 aromatic carbocycles. The Labute approximate surface area is 443 Å². The number of amides is 3. The molecular formula is C54H86ClN5O12S. The lowest BCUT2D eigenvalue weighted by Gasteiger charge is -2.44. The molecule has 17 nitrogen and oxygen atoms in total. The number of likely N-dealkylation sites (N-methyl/N-ethyl adjacent to an activating group) is 1. The third kappa shape index (κ3) is 15.5. The number of carbonyl (C=O) groups is 5. The summed E-state index contributed by atoms with van der Waals surface area (Å²) in [4.78, 5) is 72.2. The zero-order valence-electron chi connectivity index (χ0n) is 46.4. The van der Waals surface area contributed by atoms with Crippen LogP contribution >= 0.6 is 23.4 Å². The van der Waals surface area contributed by atoms with E-state index < -0.39 is 75.0 Å². The number of Topliss-reactive ketones (excluding diaryl/α,β-unsaturated/α-hetero) is 1. The fourth-order valence-electron chi connectivity index (χ4n) is 9.19. The van der Waals surface area contributed by atoms with E-state index >= 15 is 0 Å². The molecule has 3 aliphatic heterocycles. The molecular weight excluding hydrogens is 978 g/mol. The first-order valence-electron chi connectivity index (χ1n) is 25.4. The molecule has 3 aliphatic rings. The van der Waals surface area contributed by atoms with E-state index in [-0.39, 0.29) is 54.4 Å². The van der Waals surface area contributed by atoms with Crippen LogP contribution in [0.3, 0.4) is 0 Å². The Morgan fingerprint density at radius 2 is 1.75 bits per heavy atom. The van der Waals surface area contributed by atoms with Crippen LogP contribution in [0.2, 0.25) is 5.02 Å². The molecule has 73 heavy (non-hydrogen) atoms. The molecule has 4 N–H and O–H groups in total. The molecule has 0 radical (unpaired) electrons. The van der Waals surface area contributed by atoms with Crippen LogP contribution in [0.1, 0.15) is 127 Å². The van der Waals surface area contributed by atoms with Gasteiger partial charge in [-0.3, -0.25) is 24.5 Å². The number of ether oxygens (including phenoxy) is 6. The number of nitrogens with one attached hydrogen (secondary N) is 1. The maximum Gasteiger partial charge on any atom is 0.328 e. The summed E-state index contributed by atoms with van der Waals surface area (Å²) in [6, 6.07) is 2.53. The number of carbonyl (C=O) groups excluding carboxylic acids is 5. The van der Waals surface area contributed by atoms with Crippen LogP contribution in [0.4, 0.5) is 5.69 Å². The van der Waals surface area contributed by atoms with E-state index in [1.165, 1.54) is 42.8 Å². The van der Waals surface area contributed by atoms with Crippen LogP contribution in [0, 0.1) is 11.3 Å². The van der Waals surface area contributed by atoms with Crippen molar-refractivity contribution in [3.05, 3.63) is 46.5 Å². The number of hydrogen-bond donors (Lipinski definition) is 3. The summed E-state index contributed by atoms with van der Waals surface area (Å²) in [5.74, 6) is -1.47. The highest BCUT2D eigenvalue weighted by atomic mass is 35.5. The van der Waals surface area contributed by atoms with E-state index in [4.69, 9.17) is 45.8 Å². The number of halogens is 1. The van der Waals surface area contributed by atoms with Crippen molar-refractivity contribution in [2.24, 2.45) is 17.1 Å². The van der Waals surface area contributed by atoms with Gasteiger partial charge in [-0.05, 0) is 91.3 Å². The van der Waals surface area contributed by atoms with Crippen molar-refractivity contribution in [3.63, 3.8) is 0 Å². The number of rotatable bonds is 20. The molecule has 412 valence electrons. The van der Waals surface area contributed by atoms with Crippen LogP contribution in [-0.4, -0.2) is 157 Å². The van der Waals surface area contributed by atoms with Gasteiger partial charge in [-0.1, -0.05) is 70.0 Å². The molecule has 19 heteroatoms. The Balaban J connectivity index is 1.50. The average molecular weight is 1060 g/mol. The minimum atomic E-state index is -1.56. The Kier molecular flexibility index (Phi) is 21.3. The van der Waals surface area contributed by atoms with Gasteiger partial charge < -0.3 is 54.0 Å². The summed E-state index contributed by atoms with van der Waals surface area (Å²) in [6.45, 7) is 21.4. The summed E-state index contributed by atoms with van der Waals surface area (Å²) in [6.07, 6.45) is 5.14. The van der Waals surface area contributed by atoms with Gasteiger partial charge in [0.2, 0.25) is 17.7 Å². The molecule has 1 aromatic rings. The van der Waals surface area contributed by atoms with Crippen molar-refractivity contribution in [3.8, 4) is 5.75 Å². The van der Waals surface area contributed by atoms with Gasteiger partial charge in [0.1, 0.15) is 46.1 Å². The summed E-state index contributed by atoms with van der Waals surface area (Å²) in [5.41, 5.74) is 3.92. The standard InChI is InChI=1S/C54H86ClN5O12S/c1-17-38-41-31-53(66,57-33-69-41)42(68-16)20-18-19-34(2)27-37-28-39(47(55)40(29-37)67-15)60(14)45(63)30-43(52(11)54(38,56)72-52)71-48(65)35(3)59(13)44(62)21-22-51(9,10)73-32-46(64)58(12)25-23-50(7,8)70-26-24-49(5,6)36(4)61/h18-20,28-29,35,38,41-43,57,66H,17,21-27,30-33,56H2,1-16H3. The fourth-order valence-corrected chi connectivity index (χ4v) is 10.5. The highest BCUT2D eigenvalue weighted by Gasteiger charge is 2.74. The molecule has 3 amide bonds. The second-order valence-corrected chi connectivity index (χ2v) is 24.3. The number of thioether (sulfide) groups is 1. The van der Waals surface area contributed by atoms with E-state index in [2.05, 4.69) is 5.32 Å². The SMILES string of the molecule is CCC1C2CC(O)(NCO2)C(OC)C=CC=C(C)Cc2cc(OC)c(Cl)c(c2)N(C)C(=O)CC(OC(=O)C(C)N(C)C(=O)CCC(C)(C)SCC(=O)N(C)CCC(C)(C)OCCC(C)(C)C(C)=O)C2(C)OC12N. The predicted molar refractivity (Wildman–Crippen MR) is 285 cm³/mol. The van der Waals surface area contributed by atoms with E-state index in [0.717, 1.165) is 11.1 Å². The second kappa shape index (κ2) is 25.0. The van der Waals surface area contributed by atoms with E-state index in [9.17, 15) is 29.1 Å². The number of methoxy groups -OCH3 is 2. The van der Waals surface area contributed by atoms with Gasteiger partial charge in [0.15, 0.2) is 5.72 Å². The number of fused-ring (bicyclic) bond motifs is 5. The summed E-state index contributed by atoms with van der Waals surface area (Å²) in [5, 5.41) is 15.3. The molecule has 2 fully saturated rings. The molecule has 0 aliphatic carbocycles. The van der Waals surface area contributed by atoms with Crippen LogP contribution < -0.4 is 20.7 Å². The monoisotopic (exact) mass is 1060 g/mol. The van der Waals surface area contributed by atoms with Gasteiger partial charge in [-0.25, -0.2) is 4.79 Å². The molecule has 0 aromatic heterocycles. The van der Waals surface area contributed by atoms with Gasteiger partial charge in [-0.2, -0.15) is 0 Å². The van der Waals surface area contributed by atoms with Gasteiger partial charge >= 0.3 is 5.97 Å². The Hall–Kier alpha value is -3.59. The topological polar surface area (TPSA) is 212 Å².